The number of aryl methyl sites for hydroxylation is 1. The summed E-state index contributed by atoms with van der Waals surface area (Å²) in [5, 5.41) is 0.669. The molecule has 1 aromatic carbocycles. The lowest BCUT2D eigenvalue weighted by Crippen LogP contribution is -1.88. The second-order valence-corrected chi connectivity index (χ2v) is 4.09. The molecule has 15 heavy (non-hydrogen) atoms. The molecule has 0 aliphatic rings. The molecule has 0 amide bonds. The van der Waals surface area contributed by atoms with Crippen LogP contribution < -0.4 is 0 Å². The van der Waals surface area contributed by atoms with Crippen molar-refractivity contribution in [2.24, 2.45) is 0 Å². The van der Waals surface area contributed by atoms with Gasteiger partial charge in [0.1, 0.15) is 5.76 Å². The first kappa shape index (κ1) is 10.5. The van der Waals surface area contributed by atoms with Gasteiger partial charge in [0, 0.05) is 10.9 Å². The van der Waals surface area contributed by atoms with Crippen LogP contribution in [0.15, 0.2) is 22.6 Å². The molecule has 0 spiro atoms. The number of hydrogen-bond donors (Lipinski definition) is 0. The van der Waals surface area contributed by atoms with Crippen molar-refractivity contribution in [2.45, 2.75) is 25.6 Å². The van der Waals surface area contributed by atoms with E-state index in [4.69, 9.17) is 16.0 Å². The van der Waals surface area contributed by atoms with Gasteiger partial charge in [-0.05, 0) is 19.4 Å². The van der Waals surface area contributed by atoms with E-state index in [1.165, 1.54) is 6.07 Å². The maximum absolute atomic E-state index is 13.4. The molecule has 2 rings (SSSR count). The molecule has 1 heterocycles. The predicted molar refractivity (Wildman–Crippen MR) is 59.8 cm³/mol. The first-order chi connectivity index (χ1) is 7.15. The molecule has 1 nitrogen and oxygen atoms in total. The zero-order valence-corrected chi connectivity index (χ0v) is 9.44. The number of benzene rings is 1. The predicted octanol–water partition coefficient (Wildman–Crippen LogP) is 4.57. The lowest BCUT2D eigenvalue weighted by atomic mass is 10.1. The number of alkyl halides is 1. The molecular weight excluding hydrogens is 215 g/mol. The van der Waals surface area contributed by atoms with Gasteiger partial charge in [-0.1, -0.05) is 19.1 Å². The van der Waals surface area contributed by atoms with Crippen LogP contribution in [0.1, 0.15) is 30.0 Å². The molecule has 0 aliphatic carbocycles. The highest BCUT2D eigenvalue weighted by atomic mass is 35.5. The van der Waals surface area contributed by atoms with E-state index in [-0.39, 0.29) is 11.2 Å². The number of fused-ring (bicyclic) bond motifs is 1. The molecule has 0 saturated carbocycles. The van der Waals surface area contributed by atoms with Crippen molar-refractivity contribution in [1.29, 1.82) is 0 Å². The van der Waals surface area contributed by atoms with Crippen LogP contribution in [0.2, 0.25) is 0 Å². The highest BCUT2D eigenvalue weighted by molar-refractivity contribution is 6.21. The summed E-state index contributed by atoms with van der Waals surface area (Å²) in [6.07, 6.45) is 0.799. The Kier molecular flexibility index (Phi) is 2.70. The van der Waals surface area contributed by atoms with Gasteiger partial charge in [0.2, 0.25) is 0 Å². The van der Waals surface area contributed by atoms with Crippen molar-refractivity contribution in [1.82, 2.24) is 0 Å². The average molecular weight is 227 g/mol. The number of furan rings is 1. The second kappa shape index (κ2) is 3.86. The van der Waals surface area contributed by atoms with E-state index >= 15 is 0 Å². The molecule has 0 radical (unpaired) electrons. The number of hydrogen-bond acceptors (Lipinski definition) is 1. The normalized spacial score (nSPS) is 13.3. The summed E-state index contributed by atoms with van der Waals surface area (Å²) in [6, 6.07) is 4.91. The summed E-state index contributed by atoms with van der Waals surface area (Å²) in [5.74, 6) is 0.374. The van der Waals surface area contributed by atoms with Crippen molar-refractivity contribution in [2.75, 3.05) is 0 Å². The summed E-state index contributed by atoms with van der Waals surface area (Å²) < 4.78 is 18.8. The zero-order chi connectivity index (χ0) is 11.0. The van der Waals surface area contributed by atoms with Crippen LogP contribution in [0.25, 0.3) is 11.0 Å². The minimum atomic E-state index is -0.332. The Labute approximate surface area is 92.8 Å². The second-order valence-electron chi connectivity index (χ2n) is 3.56. The number of halogens is 2. The summed E-state index contributed by atoms with van der Waals surface area (Å²) >= 11 is 6.19. The van der Waals surface area contributed by atoms with Gasteiger partial charge >= 0.3 is 0 Å². The van der Waals surface area contributed by atoms with Gasteiger partial charge in [-0.15, -0.1) is 11.6 Å². The van der Waals surface area contributed by atoms with E-state index in [0.717, 1.165) is 17.4 Å². The largest absolute Gasteiger partial charge is 0.458 e. The molecule has 1 aromatic heterocycles. The standard InChI is InChI=1S/C12H12ClFO/c1-3-9(13)11-7(2)15-12-8(11)5-4-6-10(12)14/h4-6,9H,3H2,1-2H3. The third kappa shape index (κ3) is 1.63. The van der Waals surface area contributed by atoms with Crippen LogP contribution in [0.5, 0.6) is 0 Å². The Morgan fingerprint density at radius 1 is 1.47 bits per heavy atom. The fraction of sp³-hybridized carbons (Fsp3) is 0.333. The fourth-order valence-corrected chi connectivity index (χ4v) is 2.09. The summed E-state index contributed by atoms with van der Waals surface area (Å²) in [6.45, 7) is 3.81. The third-order valence-electron chi connectivity index (χ3n) is 2.56. The number of rotatable bonds is 2. The molecule has 0 N–H and O–H groups in total. The summed E-state index contributed by atoms with van der Waals surface area (Å²) in [5.41, 5.74) is 1.22. The van der Waals surface area contributed by atoms with Crippen LogP contribution in [0, 0.1) is 12.7 Å². The molecule has 1 unspecified atom stereocenters. The van der Waals surface area contributed by atoms with Crippen LogP contribution in [0.4, 0.5) is 4.39 Å². The molecule has 0 aliphatic heterocycles. The highest BCUT2D eigenvalue weighted by Crippen LogP contribution is 2.36. The van der Waals surface area contributed by atoms with E-state index in [1.807, 2.05) is 19.9 Å². The van der Waals surface area contributed by atoms with Gasteiger partial charge in [-0.25, -0.2) is 4.39 Å². The molecule has 2 aromatic rings. The van der Waals surface area contributed by atoms with Gasteiger partial charge in [-0.2, -0.15) is 0 Å². The van der Waals surface area contributed by atoms with Crippen LogP contribution >= 0.6 is 11.6 Å². The first-order valence-electron chi connectivity index (χ1n) is 4.96. The van der Waals surface area contributed by atoms with Crippen molar-refractivity contribution >= 4 is 22.6 Å². The monoisotopic (exact) mass is 226 g/mol. The Morgan fingerprint density at radius 3 is 2.87 bits per heavy atom. The molecule has 0 saturated heterocycles. The summed E-state index contributed by atoms with van der Waals surface area (Å²) in [7, 11) is 0. The van der Waals surface area contributed by atoms with Crippen LogP contribution in [0.3, 0.4) is 0 Å². The van der Waals surface area contributed by atoms with Gasteiger partial charge < -0.3 is 4.42 Å². The van der Waals surface area contributed by atoms with E-state index in [0.29, 0.717) is 11.3 Å². The van der Waals surface area contributed by atoms with E-state index in [2.05, 4.69) is 0 Å². The topological polar surface area (TPSA) is 13.1 Å². The smallest absolute Gasteiger partial charge is 0.170 e. The summed E-state index contributed by atoms with van der Waals surface area (Å²) in [4.78, 5) is 0. The van der Waals surface area contributed by atoms with E-state index in [9.17, 15) is 4.39 Å². The van der Waals surface area contributed by atoms with Crippen LogP contribution in [-0.4, -0.2) is 0 Å². The molecule has 0 fully saturated rings. The van der Waals surface area contributed by atoms with Crippen LogP contribution in [-0.2, 0) is 0 Å². The molecule has 1 atom stereocenters. The Balaban J connectivity index is 2.73. The van der Waals surface area contributed by atoms with Crippen molar-refractivity contribution in [3.8, 4) is 0 Å². The Hall–Kier alpha value is -1.02. The Bertz CT molecular complexity index is 490. The fourth-order valence-electron chi connectivity index (χ4n) is 1.82. The quantitative estimate of drug-likeness (QED) is 0.684. The van der Waals surface area contributed by atoms with Crippen molar-refractivity contribution in [3.05, 3.63) is 35.3 Å². The lowest BCUT2D eigenvalue weighted by molar-refractivity contribution is 0.534. The van der Waals surface area contributed by atoms with Crippen molar-refractivity contribution < 1.29 is 8.81 Å². The van der Waals surface area contributed by atoms with E-state index in [1.54, 1.807) is 6.07 Å². The molecule has 80 valence electrons. The SMILES string of the molecule is CCC(Cl)c1c(C)oc2c(F)cccc12. The third-order valence-corrected chi connectivity index (χ3v) is 3.09. The van der Waals surface area contributed by atoms with Gasteiger partial charge in [-0.3, -0.25) is 0 Å². The zero-order valence-electron chi connectivity index (χ0n) is 8.68. The lowest BCUT2D eigenvalue weighted by Gasteiger charge is -2.04. The van der Waals surface area contributed by atoms with Gasteiger partial charge in [0.25, 0.3) is 0 Å². The first-order valence-corrected chi connectivity index (χ1v) is 5.40. The van der Waals surface area contributed by atoms with Gasteiger partial charge in [0.15, 0.2) is 11.4 Å². The Morgan fingerprint density at radius 2 is 2.20 bits per heavy atom. The average Bonchev–Trinajstić information content (AvgIpc) is 2.55. The molecule has 3 heteroatoms. The maximum atomic E-state index is 13.4. The molecular formula is C12H12ClFO. The van der Waals surface area contributed by atoms with Gasteiger partial charge in [0.05, 0.1) is 5.38 Å². The highest BCUT2D eigenvalue weighted by Gasteiger charge is 2.18. The van der Waals surface area contributed by atoms with Crippen molar-refractivity contribution in [3.63, 3.8) is 0 Å². The minimum absolute atomic E-state index is 0.118. The maximum Gasteiger partial charge on any atom is 0.170 e. The molecule has 0 bridgehead atoms. The number of para-hydroxylation sites is 1. The van der Waals surface area contributed by atoms with E-state index < -0.39 is 0 Å². The minimum Gasteiger partial charge on any atom is -0.458 e.